The third kappa shape index (κ3) is 4.33. The van der Waals surface area contributed by atoms with E-state index in [1.165, 1.54) is 42.3 Å². The first-order chi connectivity index (χ1) is 10.9. The zero-order chi connectivity index (χ0) is 17.0. The molecule has 8 heteroatoms. The Labute approximate surface area is 136 Å². The average molecular weight is 337 g/mol. The number of nitro benzene ring substituents is 1. The van der Waals surface area contributed by atoms with Gasteiger partial charge in [0.05, 0.1) is 11.5 Å². The molecule has 0 fully saturated rings. The molecule has 7 nitrogen and oxygen atoms in total. The number of carbonyl (C=O) groups excluding carboxylic acids is 1. The molecule has 120 valence electrons. The summed E-state index contributed by atoms with van der Waals surface area (Å²) >= 11 is 5.75. The van der Waals surface area contributed by atoms with E-state index in [4.69, 9.17) is 16.3 Å². The third-order valence-electron chi connectivity index (χ3n) is 3.02. The summed E-state index contributed by atoms with van der Waals surface area (Å²) in [5.74, 6) is 0.167. The summed E-state index contributed by atoms with van der Waals surface area (Å²) in [5.41, 5.74) is 0.418. The van der Waals surface area contributed by atoms with E-state index >= 15 is 0 Å². The highest BCUT2D eigenvalue weighted by Gasteiger charge is 2.14. The van der Waals surface area contributed by atoms with E-state index in [0.717, 1.165) is 0 Å². The van der Waals surface area contributed by atoms with E-state index in [2.05, 4.69) is 0 Å². The summed E-state index contributed by atoms with van der Waals surface area (Å²) < 4.78 is 5.10. The molecule has 0 spiro atoms. The largest absolute Gasteiger partial charge is 0.508 e. The van der Waals surface area contributed by atoms with Crippen molar-refractivity contribution >= 4 is 23.4 Å². The number of non-ortho nitro benzene ring substituents is 1. The Bertz CT molecular complexity index is 733. The van der Waals surface area contributed by atoms with Crippen molar-refractivity contribution < 1.29 is 19.6 Å². The van der Waals surface area contributed by atoms with Crippen LogP contribution in [0.3, 0.4) is 0 Å². The normalized spacial score (nSPS) is 10.2. The van der Waals surface area contributed by atoms with Crippen LogP contribution in [0, 0.1) is 10.1 Å². The van der Waals surface area contributed by atoms with Crippen LogP contribution in [0.5, 0.6) is 11.5 Å². The fourth-order valence-corrected chi connectivity index (χ4v) is 1.97. The van der Waals surface area contributed by atoms with Crippen LogP contribution in [0.15, 0.2) is 42.5 Å². The molecular formula is C15H13ClN2O5. The Hall–Kier alpha value is -2.80. The van der Waals surface area contributed by atoms with Crippen molar-refractivity contribution in [3.8, 4) is 11.5 Å². The Morgan fingerprint density at radius 3 is 2.52 bits per heavy atom. The zero-order valence-corrected chi connectivity index (χ0v) is 12.9. The van der Waals surface area contributed by atoms with Crippen molar-refractivity contribution in [3.05, 3.63) is 63.2 Å². The molecule has 0 atom stereocenters. The number of hydrogen-bond donors (Lipinski definition) is 1. The maximum absolute atomic E-state index is 12.0. The number of rotatable bonds is 4. The minimum atomic E-state index is -0.659. The molecule has 23 heavy (non-hydrogen) atoms. The summed E-state index contributed by atoms with van der Waals surface area (Å²) in [5, 5.41) is 20.7. The molecule has 0 bridgehead atoms. The average Bonchev–Trinajstić information content (AvgIpc) is 2.50. The summed E-state index contributed by atoms with van der Waals surface area (Å²) in [6.07, 6.45) is -0.659. The Kier molecular flexibility index (Phi) is 5.02. The predicted molar refractivity (Wildman–Crippen MR) is 83.7 cm³/mol. The lowest BCUT2D eigenvalue weighted by molar-refractivity contribution is -0.384. The van der Waals surface area contributed by atoms with Gasteiger partial charge in [0.25, 0.3) is 5.69 Å². The number of nitro groups is 1. The molecule has 0 aliphatic rings. The van der Waals surface area contributed by atoms with Gasteiger partial charge in [0.15, 0.2) is 0 Å². The monoisotopic (exact) mass is 336 g/mol. The molecule has 1 amide bonds. The van der Waals surface area contributed by atoms with E-state index in [1.807, 2.05) is 0 Å². The molecule has 2 aromatic rings. The zero-order valence-electron chi connectivity index (χ0n) is 12.1. The van der Waals surface area contributed by atoms with Gasteiger partial charge >= 0.3 is 6.09 Å². The Balaban J connectivity index is 2.00. The van der Waals surface area contributed by atoms with Crippen LogP contribution in [-0.2, 0) is 6.54 Å². The molecule has 0 aromatic heterocycles. The number of ether oxygens (including phenoxy) is 1. The maximum atomic E-state index is 12.0. The second kappa shape index (κ2) is 6.97. The standard InChI is InChI=1S/C15H13ClN2O5/c1-17(9-10-2-3-11(16)8-14(10)19)15(20)23-13-6-4-12(5-7-13)18(21)22/h2-8,19H,9H2,1H3. The minimum Gasteiger partial charge on any atom is -0.508 e. The molecule has 0 heterocycles. The van der Waals surface area contributed by atoms with E-state index in [-0.39, 0.29) is 23.7 Å². The Morgan fingerprint density at radius 1 is 1.30 bits per heavy atom. The van der Waals surface area contributed by atoms with Crippen molar-refractivity contribution in [1.29, 1.82) is 0 Å². The van der Waals surface area contributed by atoms with Crippen LogP contribution in [0.25, 0.3) is 0 Å². The first kappa shape index (κ1) is 16.6. The van der Waals surface area contributed by atoms with Crippen molar-refractivity contribution in [3.63, 3.8) is 0 Å². The highest BCUT2D eigenvalue weighted by atomic mass is 35.5. The molecular weight excluding hydrogens is 324 g/mol. The first-order valence-electron chi connectivity index (χ1n) is 6.51. The SMILES string of the molecule is CN(Cc1ccc(Cl)cc1O)C(=O)Oc1ccc([N+](=O)[O-])cc1. The number of halogens is 1. The van der Waals surface area contributed by atoms with Gasteiger partial charge in [-0.2, -0.15) is 0 Å². The number of aromatic hydroxyl groups is 1. The smallest absolute Gasteiger partial charge is 0.415 e. The van der Waals surface area contributed by atoms with Gasteiger partial charge in [-0.05, 0) is 24.3 Å². The van der Waals surface area contributed by atoms with E-state index in [9.17, 15) is 20.0 Å². The van der Waals surface area contributed by atoms with Crippen LogP contribution in [0.2, 0.25) is 5.02 Å². The second-order valence-electron chi connectivity index (χ2n) is 4.75. The molecule has 0 radical (unpaired) electrons. The molecule has 0 saturated carbocycles. The van der Waals surface area contributed by atoms with E-state index in [1.54, 1.807) is 12.1 Å². The minimum absolute atomic E-state index is 0.0208. The van der Waals surface area contributed by atoms with E-state index in [0.29, 0.717) is 10.6 Å². The topological polar surface area (TPSA) is 92.9 Å². The molecule has 2 aromatic carbocycles. The van der Waals surface area contributed by atoms with Gasteiger partial charge in [-0.3, -0.25) is 10.1 Å². The lowest BCUT2D eigenvalue weighted by Crippen LogP contribution is -2.29. The van der Waals surface area contributed by atoms with Gasteiger partial charge in [0, 0.05) is 29.8 Å². The van der Waals surface area contributed by atoms with Crippen LogP contribution >= 0.6 is 11.6 Å². The van der Waals surface area contributed by atoms with Crippen LogP contribution in [0.4, 0.5) is 10.5 Å². The maximum Gasteiger partial charge on any atom is 0.415 e. The van der Waals surface area contributed by atoms with Crippen LogP contribution in [0.1, 0.15) is 5.56 Å². The predicted octanol–water partition coefficient (Wildman–Crippen LogP) is 3.58. The number of carbonyl (C=O) groups is 1. The van der Waals surface area contributed by atoms with Crippen LogP contribution < -0.4 is 4.74 Å². The van der Waals surface area contributed by atoms with Gasteiger partial charge < -0.3 is 14.7 Å². The van der Waals surface area contributed by atoms with Gasteiger partial charge in [0.1, 0.15) is 11.5 Å². The number of phenols is 1. The van der Waals surface area contributed by atoms with Gasteiger partial charge in [-0.15, -0.1) is 0 Å². The van der Waals surface area contributed by atoms with Crippen molar-refractivity contribution in [1.82, 2.24) is 4.90 Å². The van der Waals surface area contributed by atoms with Gasteiger partial charge in [-0.1, -0.05) is 17.7 Å². The van der Waals surface area contributed by atoms with Crippen molar-refractivity contribution in [2.45, 2.75) is 6.54 Å². The lowest BCUT2D eigenvalue weighted by atomic mass is 10.2. The fourth-order valence-electron chi connectivity index (χ4n) is 1.81. The van der Waals surface area contributed by atoms with Crippen molar-refractivity contribution in [2.24, 2.45) is 0 Å². The highest BCUT2D eigenvalue weighted by Crippen LogP contribution is 2.23. The van der Waals surface area contributed by atoms with Crippen molar-refractivity contribution in [2.75, 3.05) is 7.05 Å². The highest BCUT2D eigenvalue weighted by molar-refractivity contribution is 6.30. The summed E-state index contributed by atoms with van der Waals surface area (Å²) in [6, 6.07) is 9.75. The van der Waals surface area contributed by atoms with Crippen LogP contribution in [-0.4, -0.2) is 28.1 Å². The third-order valence-corrected chi connectivity index (χ3v) is 3.25. The molecule has 0 saturated heterocycles. The lowest BCUT2D eigenvalue weighted by Gasteiger charge is -2.17. The number of phenolic OH excluding ortho intramolecular Hbond substituents is 1. The number of hydrogen-bond acceptors (Lipinski definition) is 5. The molecule has 2 rings (SSSR count). The Morgan fingerprint density at radius 2 is 1.96 bits per heavy atom. The van der Waals surface area contributed by atoms with Gasteiger partial charge in [-0.25, -0.2) is 4.79 Å². The quantitative estimate of drug-likeness (QED) is 0.680. The number of amides is 1. The second-order valence-corrected chi connectivity index (χ2v) is 5.18. The summed E-state index contributed by atoms with van der Waals surface area (Å²) in [4.78, 5) is 23.2. The molecule has 1 N–H and O–H groups in total. The first-order valence-corrected chi connectivity index (χ1v) is 6.89. The molecule has 0 unspecified atom stereocenters. The van der Waals surface area contributed by atoms with Gasteiger partial charge in [0.2, 0.25) is 0 Å². The summed E-state index contributed by atoms with van der Waals surface area (Å²) in [7, 11) is 1.50. The van der Waals surface area contributed by atoms with E-state index < -0.39 is 11.0 Å². The number of nitrogens with zero attached hydrogens (tertiary/aromatic N) is 2. The fraction of sp³-hybridized carbons (Fsp3) is 0.133. The molecule has 0 aliphatic carbocycles. The number of benzene rings is 2. The summed E-state index contributed by atoms with van der Waals surface area (Å²) in [6.45, 7) is 0.120. The molecule has 0 aliphatic heterocycles.